The van der Waals surface area contributed by atoms with Gasteiger partial charge in [0.25, 0.3) is 15.9 Å². The molecule has 1 aliphatic heterocycles. The SMILES string of the molecule is O=C1c2ccccc2S(=O)(=O)N1CSc1n[nH]c(=S)s1. The molecule has 0 atom stereocenters. The first-order valence-corrected chi connectivity index (χ1v) is 8.99. The number of sulfonamides is 1. The molecule has 0 saturated carbocycles. The number of carbonyl (C=O) groups excluding carboxylic acids is 1. The smallest absolute Gasteiger partial charge is 0.268 e. The van der Waals surface area contributed by atoms with Crippen LogP contribution in [0.4, 0.5) is 0 Å². The van der Waals surface area contributed by atoms with Crippen LogP contribution < -0.4 is 0 Å². The highest BCUT2D eigenvalue weighted by Gasteiger charge is 2.40. The molecule has 2 aromatic rings. The molecule has 0 fully saturated rings. The zero-order chi connectivity index (χ0) is 14.3. The van der Waals surface area contributed by atoms with Gasteiger partial charge in [-0.15, -0.1) is 0 Å². The Morgan fingerprint density at radius 2 is 2.15 bits per heavy atom. The lowest BCUT2D eigenvalue weighted by molar-refractivity contribution is 0.0887. The van der Waals surface area contributed by atoms with Gasteiger partial charge in [0.15, 0.2) is 8.29 Å². The van der Waals surface area contributed by atoms with Crippen molar-refractivity contribution in [2.75, 3.05) is 5.88 Å². The Labute approximate surface area is 127 Å². The molecule has 1 aliphatic rings. The molecule has 0 spiro atoms. The third kappa shape index (κ3) is 2.18. The van der Waals surface area contributed by atoms with Crippen molar-refractivity contribution >= 4 is 51.2 Å². The summed E-state index contributed by atoms with van der Waals surface area (Å²) in [6, 6.07) is 6.19. The monoisotopic (exact) mass is 345 g/mol. The summed E-state index contributed by atoms with van der Waals surface area (Å²) < 4.78 is 26.5. The lowest BCUT2D eigenvalue weighted by Gasteiger charge is -2.12. The number of hydrogen-bond acceptors (Lipinski definition) is 7. The number of thioether (sulfide) groups is 1. The minimum atomic E-state index is -3.76. The number of amides is 1. The third-order valence-electron chi connectivity index (χ3n) is 2.64. The second-order valence-corrected chi connectivity index (χ2v) is 8.50. The number of aromatic amines is 1. The fourth-order valence-corrected chi connectivity index (χ4v) is 5.58. The highest BCUT2D eigenvalue weighted by atomic mass is 32.2. The first-order valence-electron chi connectivity index (χ1n) is 5.34. The van der Waals surface area contributed by atoms with Gasteiger partial charge >= 0.3 is 0 Å². The number of nitrogens with one attached hydrogen (secondary N) is 1. The van der Waals surface area contributed by atoms with E-state index in [4.69, 9.17) is 12.2 Å². The van der Waals surface area contributed by atoms with Crippen molar-refractivity contribution in [1.82, 2.24) is 14.5 Å². The van der Waals surface area contributed by atoms with Gasteiger partial charge in [-0.3, -0.25) is 9.89 Å². The molecule has 104 valence electrons. The Balaban J connectivity index is 1.89. The standard InChI is InChI=1S/C10H7N3O3S4/c14-8-6-3-1-2-4-7(6)20(15,16)13(8)5-18-10-12-11-9(17)19-10/h1-4H,5H2,(H,11,17). The average Bonchev–Trinajstić information content (AvgIpc) is 2.91. The molecule has 3 rings (SSSR count). The summed E-state index contributed by atoms with van der Waals surface area (Å²) in [5.74, 6) is -0.529. The van der Waals surface area contributed by atoms with Gasteiger partial charge in [-0.05, 0) is 24.4 Å². The number of carbonyl (C=O) groups is 1. The van der Waals surface area contributed by atoms with Crippen LogP contribution in [0.1, 0.15) is 10.4 Å². The van der Waals surface area contributed by atoms with Crippen molar-refractivity contribution in [3.8, 4) is 0 Å². The van der Waals surface area contributed by atoms with Crippen molar-refractivity contribution < 1.29 is 13.2 Å². The number of aromatic nitrogens is 2. The molecule has 1 N–H and O–H groups in total. The maximum Gasteiger partial charge on any atom is 0.269 e. The van der Waals surface area contributed by atoms with Crippen LogP contribution in [0.2, 0.25) is 0 Å². The predicted molar refractivity (Wildman–Crippen MR) is 77.8 cm³/mol. The summed E-state index contributed by atoms with van der Waals surface area (Å²) in [6.45, 7) is 0. The Morgan fingerprint density at radius 1 is 1.40 bits per heavy atom. The summed E-state index contributed by atoms with van der Waals surface area (Å²) in [5, 5.41) is 6.52. The molecule has 2 heterocycles. The van der Waals surface area contributed by atoms with Crippen LogP contribution in [0.15, 0.2) is 33.5 Å². The summed E-state index contributed by atoms with van der Waals surface area (Å²) in [6.07, 6.45) is 0. The van der Waals surface area contributed by atoms with E-state index in [0.29, 0.717) is 8.29 Å². The van der Waals surface area contributed by atoms with Crippen LogP contribution in [-0.4, -0.2) is 34.7 Å². The van der Waals surface area contributed by atoms with Crippen LogP contribution in [0.25, 0.3) is 0 Å². The fraction of sp³-hybridized carbons (Fsp3) is 0.100. The molecular weight excluding hydrogens is 338 g/mol. The predicted octanol–water partition coefficient (Wildman–Crippen LogP) is 2.09. The van der Waals surface area contributed by atoms with Gasteiger partial charge in [0.05, 0.1) is 11.4 Å². The van der Waals surface area contributed by atoms with Gasteiger partial charge in [-0.1, -0.05) is 35.2 Å². The normalized spacial score (nSPS) is 16.4. The molecule has 0 saturated heterocycles. The van der Waals surface area contributed by atoms with E-state index < -0.39 is 15.9 Å². The van der Waals surface area contributed by atoms with E-state index in [2.05, 4.69) is 10.2 Å². The summed E-state index contributed by atoms with van der Waals surface area (Å²) in [4.78, 5) is 12.2. The summed E-state index contributed by atoms with van der Waals surface area (Å²) in [5.41, 5.74) is 0.211. The summed E-state index contributed by atoms with van der Waals surface area (Å²) >= 11 is 7.28. The minimum absolute atomic E-state index is 0.0219. The largest absolute Gasteiger partial charge is 0.269 e. The first kappa shape index (κ1) is 13.7. The molecule has 0 aliphatic carbocycles. The Morgan fingerprint density at radius 3 is 2.80 bits per heavy atom. The molecular formula is C10H7N3O3S4. The van der Waals surface area contributed by atoms with Gasteiger partial charge in [0, 0.05) is 0 Å². The molecule has 10 heteroatoms. The second-order valence-electron chi connectivity index (χ2n) is 3.81. The second kappa shape index (κ2) is 4.95. The van der Waals surface area contributed by atoms with Gasteiger partial charge in [-0.2, -0.15) is 5.10 Å². The molecule has 1 aromatic heterocycles. The number of nitrogens with zero attached hydrogens (tertiary/aromatic N) is 2. The van der Waals surface area contributed by atoms with E-state index in [1.807, 2.05) is 0 Å². The maximum atomic E-state index is 12.3. The molecule has 0 bridgehead atoms. The molecule has 6 nitrogen and oxygen atoms in total. The van der Waals surface area contributed by atoms with E-state index in [1.165, 1.54) is 23.5 Å². The number of benzene rings is 1. The van der Waals surface area contributed by atoms with Gasteiger partial charge in [0.1, 0.15) is 4.90 Å². The van der Waals surface area contributed by atoms with E-state index >= 15 is 0 Å². The van der Waals surface area contributed by atoms with Crippen molar-refractivity contribution in [2.45, 2.75) is 9.24 Å². The number of rotatable bonds is 3. The third-order valence-corrected chi connectivity index (χ3v) is 6.80. The lowest BCUT2D eigenvalue weighted by atomic mass is 10.2. The lowest BCUT2D eigenvalue weighted by Crippen LogP contribution is -2.29. The van der Waals surface area contributed by atoms with Gasteiger partial charge < -0.3 is 0 Å². The molecule has 1 amide bonds. The Kier molecular flexibility index (Phi) is 3.40. The fourth-order valence-electron chi connectivity index (χ4n) is 1.75. The van der Waals surface area contributed by atoms with Crippen LogP contribution >= 0.6 is 35.3 Å². The minimum Gasteiger partial charge on any atom is -0.268 e. The van der Waals surface area contributed by atoms with E-state index in [9.17, 15) is 13.2 Å². The number of H-pyrrole nitrogens is 1. The number of fused-ring (bicyclic) bond motifs is 1. The summed E-state index contributed by atoms with van der Waals surface area (Å²) in [7, 11) is -3.76. The first-order chi connectivity index (χ1) is 9.50. The van der Waals surface area contributed by atoms with Crippen LogP contribution in [0.5, 0.6) is 0 Å². The Hall–Kier alpha value is -1.23. The highest BCUT2D eigenvalue weighted by molar-refractivity contribution is 8.02. The molecule has 20 heavy (non-hydrogen) atoms. The maximum absolute atomic E-state index is 12.3. The molecule has 0 radical (unpaired) electrons. The van der Waals surface area contributed by atoms with E-state index in [-0.39, 0.29) is 16.3 Å². The van der Waals surface area contributed by atoms with Crippen LogP contribution in [0, 0.1) is 3.95 Å². The molecule has 0 unspecified atom stereocenters. The Bertz CT molecular complexity index is 839. The van der Waals surface area contributed by atoms with Crippen molar-refractivity contribution in [3.63, 3.8) is 0 Å². The highest BCUT2D eigenvalue weighted by Crippen LogP contribution is 2.33. The van der Waals surface area contributed by atoms with E-state index in [1.54, 1.807) is 12.1 Å². The van der Waals surface area contributed by atoms with E-state index in [0.717, 1.165) is 16.1 Å². The van der Waals surface area contributed by atoms with Crippen LogP contribution in [0.3, 0.4) is 0 Å². The zero-order valence-electron chi connectivity index (χ0n) is 9.77. The van der Waals surface area contributed by atoms with Crippen molar-refractivity contribution in [1.29, 1.82) is 0 Å². The van der Waals surface area contributed by atoms with Crippen molar-refractivity contribution in [3.05, 3.63) is 33.8 Å². The topological polar surface area (TPSA) is 83.1 Å². The van der Waals surface area contributed by atoms with Gasteiger partial charge in [0.2, 0.25) is 0 Å². The zero-order valence-corrected chi connectivity index (χ0v) is 13.0. The van der Waals surface area contributed by atoms with Gasteiger partial charge in [-0.25, -0.2) is 12.7 Å². The quantitative estimate of drug-likeness (QED) is 0.677. The average molecular weight is 345 g/mol. The van der Waals surface area contributed by atoms with Crippen molar-refractivity contribution in [2.24, 2.45) is 0 Å². The molecule has 1 aromatic carbocycles. The van der Waals surface area contributed by atoms with Crippen LogP contribution in [-0.2, 0) is 10.0 Å². The number of hydrogen-bond donors (Lipinski definition) is 1.